The van der Waals surface area contributed by atoms with Crippen LogP contribution in [0.3, 0.4) is 0 Å². The first-order chi connectivity index (χ1) is 18.5. The number of aliphatic hydroxyl groups is 1. The van der Waals surface area contributed by atoms with E-state index in [1.54, 1.807) is 29.4 Å². The zero-order valence-corrected chi connectivity index (χ0v) is 22.9. The Labute approximate surface area is 231 Å². The minimum absolute atomic E-state index is 0.319. The van der Waals surface area contributed by atoms with Gasteiger partial charge in [-0.25, -0.2) is 9.78 Å². The summed E-state index contributed by atoms with van der Waals surface area (Å²) in [5.41, 5.74) is 7.73. The number of aliphatic hydroxyl groups excluding tert-OH is 1. The number of aromatic amines is 1. The summed E-state index contributed by atoms with van der Waals surface area (Å²) in [5, 5.41) is 13.1. The quantitative estimate of drug-likeness (QED) is 0.348. The summed E-state index contributed by atoms with van der Waals surface area (Å²) in [4.78, 5) is 48.7. The molecule has 12 heteroatoms. The van der Waals surface area contributed by atoms with Gasteiger partial charge in [0.2, 0.25) is 5.91 Å². The van der Waals surface area contributed by atoms with Crippen LogP contribution in [-0.4, -0.2) is 76.8 Å². The minimum atomic E-state index is -1.12. The Morgan fingerprint density at radius 1 is 1.15 bits per heavy atom. The van der Waals surface area contributed by atoms with Crippen LogP contribution in [0.1, 0.15) is 32.3 Å². The van der Waals surface area contributed by atoms with Crippen LogP contribution in [0.4, 0.5) is 16.2 Å². The maximum Gasteiger partial charge on any atom is 0.405 e. The lowest BCUT2D eigenvalue weighted by Gasteiger charge is -2.41. The molecule has 3 aromatic rings. The summed E-state index contributed by atoms with van der Waals surface area (Å²) in [5.74, 6) is -1.32. The minimum Gasteiger partial charge on any atom is -0.436 e. The van der Waals surface area contributed by atoms with Gasteiger partial charge in [0.1, 0.15) is 12.3 Å². The van der Waals surface area contributed by atoms with Gasteiger partial charge in [-0.1, -0.05) is 44.5 Å². The maximum absolute atomic E-state index is 13.8. The molecule has 0 aliphatic carbocycles. The van der Waals surface area contributed by atoms with Crippen LogP contribution in [0.15, 0.2) is 42.7 Å². The van der Waals surface area contributed by atoms with Crippen LogP contribution in [0.25, 0.3) is 11.0 Å². The number of anilines is 2. The topological polar surface area (TPSA) is 154 Å². The fraction of sp³-hybridized carbons (Fsp3) is 0.407. The summed E-state index contributed by atoms with van der Waals surface area (Å²) in [6, 6.07) is 9.00. The Kier molecular flexibility index (Phi) is 8.31. The van der Waals surface area contributed by atoms with Crippen molar-refractivity contribution in [1.82, 2.24) is 14.9 Å². The Morgan fingerprint density at radius 2 is 1.82 bits per heavy atom. The van der Waals surface area contributed by atoms with Crippen LogP contribution < -0.4 is 16.0 Å². The van der Waals surface area contributed by atoms with E-state index >= 15 is 0 Å². The molecule has 0 bridgehead atoms. The second-order valence-corrected chi connectivity index (χ2v) is 11.0. The zero-order chi connectivity index (χ0) is 28.3. The van der Waals surface area contributed by atoms with E-state index in [9.17, 15) is 14.4 Å². The fourth-order valence-corrected chi connectivity index (χ4v) is 5.25. The van der Waals surface area contributed by atoms with Crippen molar-refractivity contribution in [2.45, 2.75) is 32.8 Å². The van der Waals surface area contributed by atoms with Crippen LogP contribution in [0.2, 0.25) is 5.02 Å². The van der Waals surface area contributed by atoms with E-state index in [1.165, 1.54) is 0 Å². The molecule has 1 aliphatic heterocycles. The van der Waals surface area contributed by atoms with Gasteiger partial charge >= 0.3 is 6.09 Å². The highest BCUT2D eigenvalue weighted by atomic mass is 35.5. The first kappa shape index (κ1) is 28.2. The number of amides is 3. The molecule has 3 heterocycles. The van der Waals surface area contributed by atoms with Crippen molar-refractivity contribution in [2.75, 3.05) is 43.0 Å². The SMILES string of the molecule is CC(C)(C)C(c1ccc(Cl)cc1)[C@@H](OC(N)=O)C(=O)N1CCN(c2ccnc3[nH]cc(NC(=O)CO)c23)CC1. The molecule has 1 saturated heterocycles. The summed E-state index contributed by atoms with van der Waals surface area (Å²) < 4.78 is 5.49. The number of carbonyl (C=O) groups excluding carboxylic acids is 3. The molecule has 1 unspecified atom stereocenters. The number of halogens is 1. The summed E-state index contributed by atoms with van der Waals surface area (Å²) >= 11 is 6.09. The molecule has 39 heavy (non-hydrogen) atoms. The van der Waals surface area contributed by atoms with Gasteiger partial charge in [0.25, 0.3) is 5.91 Å². The van der Waals surface area contributed by atoms with Gasteiger partial charge in [-0.2, -0.15) is 0 Å². The average Bonchev–Trinajstić information content (AvgIpc) is 3.31. The van der Waals surface area contributed by atoms with Gasteiger partial charge < -0.3 is 35.7 Å². The molecule has 5 N–H and O–H groups in total. The molecule has 0 saturated carbocycles. The average molecular weight is 557 g/mol. The highest BCUT2D eigenvalue weighted by Crippen LogP contribution is 2.40. The highest BCUT2D eigenvalue weighted by Gasteiger charge is 2.42. The largest absolute Gasteiger partial charge is 0.436 e. The maximum atomic E-state index is 13.8. The van der Waals surface area contributed by atoms with Crippen molar-refractivity contribution in [3.05, 3.63) is 53.3 Å². The molecule has 0 spiro atoms. The molecule has 4 rings (SSSR count). The fourth-order valence-electron chi connectivity index (χ4n) is 5.12. The monoisotopic (exact) mass is 556 g/mol. The van der Waals surface area contributed by atoms with Gasteiger partial charge in [0, 0.05) is 49.5 Å². The van der Waals surface area contributed by atoms with E-state index in [-0.39, 0.29) is 5.91 Å². The molecule has 2 atom stereocenters. The molecule has 2 aromatic heterocycles. The van der Waals surface area contributed by atoms with E-state index in [2.05, 4.69) is 20.2 Å². The number of nitrogens with zero attached hydrogens (tertiary/aromatic N) is 3. The Morgan fingerprint density at radius 3 is 2.41 bits per heavy atom. The van der Waals surface area contributed by atoms with Crippen molar-refractivity contribution >= 4 is 51.9 Å². The standard InChI is InChI=1S/C27H33ClN6O5/c1-27(2,3)22(16-4-6-17(28)7-5-16)23(39-26(29)38)25(37)34-12-10-33(11-13-34)19-8-9-30-24-21(19)18(14-31-24)32-20(36)15-35/h4-9,14,22-23,35H,10-13,15H2,1-3H3,(H2,29,38)(H,30,31)(H,32,36)/t22?,23-/m1/s1. The molecule has 1 aromatic carbocycles. The number of aromatic nitrogens is 2. The lowest BCUT2D eigenvalue weighted by atomic mass is 9.73. The van der Waals surface area contributed by atoms with Crippen molar-refractivity contribution in [3.8, 4) is 0 Å². The smallest absolute Gasteiger partial charge is 0.405 e. The molecule has 1 fully saturated rings. The number of benzene rings is 1. The third-order valence-corrected chi connectivity index (χ3v) is 7.10. The second kappa shape index (κ2) is 11.5. The van der Waals surface area contributed by atoms with Crippen LogP contribution >= 0.6 is 11.6 Å². The van der Waals surface area contributed by atoms with Gasteiger partial charge in [0.05, 0.1) is 16.8 Å². The molecule has 11 nitrogen and oxygen atoms in total. The predicted octanol–water partition coefficient (Wildman–Crippen LogP) is 3.09. The molecule has 1 aliphatic rings. The number of piperazine rings is 1. The third-order valence-electron chi connectivity index (χ3n) is 6.85. The van der Waals surface area contributed by atoms with E-state index in [1.807, 2.05) is 39.0 Å². The van der Waals surface area contributed by atoms with E-state index in [0.29, 0.717) is 47.9 Å². The van der Waals surface area contributed by atoms with Crippen molar-refractivity contribution in [3.63, 3.8) is 0 Å². The first-order valence-corrected chi connectivity index (χ1v) is 13.0. The number of hydrogen-bond donors (Lipinski definition) is 4. The van der Waals surface area contributed by atoms with Gasteiger partial charge in [-0.05, 0) is 29.2 Å². The summed E-state index contributed by atoms with van der Waals surface area (Å²) in [7, 11) is 0. The molecule has 208 valence electrons. The molecular weight excluding hydrogens is 524 g/mol. The number of ether oxygens (including phenoxy) is 1. The Balaban J connectivity index is 1.57. The van der Waals surface area contributed by atoms with Crippen LogP contribution in [0.5, 0.6) is 0 Å². The van der Waals surface area contributed by atoms with Crippen molar-refractivity contribution < 1.29 is 24.2 Å². The normalized spacial score (nSPS) is 15.6. The number of hydrogen-bond acceptors (Lipinski definition) is 7. The number of pyridine rings is 1. The number of H-pyrrole nitrogens is 1. The third kappa shape index (κ3) is 6.26. The molecule has 0 radical (unpaired) electrons. The zero-order valence-electron chi connectivity index (χ0n) is 22.1. The Bertz CT molecular complexity index is 1340. The number of rotatable bonds is 7. The van der Waals surface area contributed by atoms with Gasteiger partial charge in [-0.3, -0.25) is 9.59 Å². The summed E-state index contributed by atoms with van der Waals surface area (Å²) in [6.07, 6.45) is 1.16. The second-order valence-electron chi connectivity index (χ2n) is 10.5. The summed E-state index contributed by atoms with van der Waals surface area (Å²) in [6.45, 7) is 7.04. The highest BCUT2D eigenvalue weighted by molar-refractivity contribution is 6.30. The number of carbonyl (C=O) groups is 3. The van der Waals surface area contributed by atoms with E-state index in [0.717, 1.165) is 11.3 Å². The lowest BCUT2D eigenvalue weighted by molar-refractivity contribution is -0.143. The number of fused-ring (bicyclic) bond motifs is 1. The lowest BCUT2D eigenvalue weighted by Crippen LogP contribution is -2.54. The van der Waals surface area contributed by atoms with E-state index < -0.39 is 36.0 Å². The van der Waals surface area contributed by atoms with Crippen molar-refractivity contribution in [1.29, 1.82) is 0 Å². The first-order valence-electron chi connectivity index (χ1n) is 12.6. The van der Waals surface area contributed by atoms with Gasteiger partial charge in [0.15, 0.2) is 6.10 Å². The van der Waals surface area contributed by atoms with Crippen LogP contribution in [-0.2, 0) is 14.3 Å². The molecule has 3 amide bonds. The Hall–Kier alpha value is -3.83. The molecular formula is C27H33ClN6O5. The van der Waals surface area contributed by atoms with Crippen LogP contribution in [0, 0.1) is 5.41 Å². The number of nitrogens with two attached hydrogens (primary N) is 1. The van der Waals surface area contributed by atoms with Gasteiger partial charge in [-0.15, -0.1) is 0 Å². The number of nitrogens with one attached hydrogen (secondary N) is 2. The van der Waals surface area contributed by atoms with E-state index in [4.69, 9.17) is 27.2 Å². The van der Waals surface area contributed by atoms with Crippen molar-refractivity contribution in [2.24, 2.45) is 11.1 Å². The predicted molar refractivity (Wildman–Crippen MR) is 149 cm³/mol. The number of primary amides is 1.